The number of nitrogens with one attached hydrogen (secondary N) is 1. The molecule has 0 radical (unpaired) electrons. The Morgan fingerprint density at radius 2 is 1.78 bits per heavy atom. The van der Waals surface area contributed by atoms with Crippen LogP contribution >= 0.6 is 0 Å². The second kappa shape index (κ2) is 4.26. The molecule has 102 valence electrons. The molecule has 0 heterocycles. The van der Waals surface area contributed by atoms with Gasteiger partial charge in [0.2, 0.25) is 11.8 Å². The minimum absolute atomic E-state index is 0.0175. The molecule has 2 atom stereocenters. The predicted octanol–water partition coefficient (Wildman–Crippen LogP) is 0.113. The van der Waals surface area contributed by atoms with E-state index in [0.29, 0.717) is 0 Å². The molecule has 1 rings (SSSR count). The number of carboxylic acid groups (broad SMARTS) is 1. The van der Waals surface area contributed by atoms with Gasteiger partial charge < -0.3 is 16.2 Å². The van der Waals surface area contributed by atoms with E-state index < -0.39 is 34.7 Å². The lowest BCUT2D eigenvalue weighted by Crippen LogP contribution is -2.47. The maximum atomic E-state index is 12.0. The molecule has 0 bridgehead atoms. The van der Waals surface area contributed by atoms with Crippen molar-refractivity contribution in [2.24, 2.45) is 23.0 Å². The molecule has 0 saturated heterocycles. The number of aliphatic carboxylic acids is 1. The van der Waals surface area contributed by atoms with E-state index in [-0.39, 0.29) is 12.3 Å². The van der Waals surface area contributed by atoms with Crippen LogP contribution in [0.3, 0.4) is 0 Å². The molecule has 0 aliphatic heterocycles. The monoisotopic (exact) mass is 256 g/mol. The van der Waals surface area contributed by atoms with E-state index in [1.165, 1.54) is 0 Å². The average Bonchev–Trinajstić information content (AvgIpc) is 2.65. The Labute approximate surface area is 106 Å². The van der Waals surface area contributed by atoms with Crippen LogP contribution in [0.4, 0.5) is 0 Å². The summed E-state index contributed by atoms with van der Waals surface area (Å²) in [4.78, 5) is 33.8. The minimum Gasteiger partial charge on any atom is -0.481 e. The molecular formula is C12H20N2O4. The maximum Gasteiger partial charge on any atom is 0.307 e. The first-order valence-electron chi connectivity index (χ1n) is 5.82. The van der Waals surface area contributed by atoms with Crippen LogP contribution in [0.25, 0.3) is 0 Å². The van der Waals surface area contributed by atoms with Crippen LogP contribution in [0.5, 0.6) is 0 Å². The predicted molar refractivity (Wildman–Crippen MR) is 64.4 cm³/mol. The molecule has 1 aliphatic carbocycles. The van der Waals surface area contributed by atoms with Crippen molar-refractivity contribution in [1.82, 2.24) is 5.32 Å². The summed E-state index contributed by atoms with van der Waals surface area (Å²) in [5, 5.41) is 11.7. The number of hydrogen-bond acceptors (Lipinski definition) is 3. The number of primary amides is 1. The van der Waals surface area contributed by atoms with Crippen LogP contribution in [0.15, 0.2) is 0 Å². The summed E-state index contributed by atoms with van der Waals surface area (Å²) in [7, 11) is 0. The molecule has 1 fully saturated rings. The molecule has 2 amide bonds. The maximum absolute atomic E-state index is 12.0. The molecule has 0 aromatic rings. The summed E-state index contributed by atoms with van der Waals surface area (Å²) < 4.78 is 0. The lowest BCUT2D eigenvalue weighted by molar-refractivity contribution is -0.140. The second-order valence-electron chi connectivity index (χ2n) is 6.13. The summed E-state index contributed by atoms with van der Waals surface area (Å²) >= 11 is 0. The van der Waals surface area contributed by atoms with Gasteiger partial charge in [0.15, 0.2) is 0 Å². The van der Waals surface area contributed by atoms with Gasteiger partial charge in [0.25, 0.3) is 0 Å². The summed E-state index contributed by atoms with van der Waals surface area (Å²) in [5.74, 6) is -3.03. The van der Waals surface area contributed by atoms with Gasteiger partial charge in [-0.25, -0.2) is 0 Å². The van der Waals surface area contributed by atoms with Crippen molar-refractivity contribution in [1.29, 1.82) is 0 Å². The van der Waals surface area contributed by atoms with E-state index >= 15 is 0 Å². The number of hydrogen-bond donors (Lipinski definition) is 3. The number of carbonyl (C=O) groups excluding carboxylic acids is 2. The molecule has 1 aliphatic rings. The normalized spacial score (nSPS) is 25.3. The van der Waals surface area contributed by atoms with Gasteiger partial charge in [0.1, 0.15) is 0 Å². The van der Waals surface area contributed by atoms with E-state index in [1.807, 2.05) is 0 Å². The molecule has 18 heavy (non-hydrogen) atoms. The smallest absolute Gasteiger partial charge is 0.307 e. The van der Waals surface area contributed by atoms with Crippen molar-refractivity contribution < 1.29 is 19.5 Å². The lowest BCUT2D eigenvalue weighted by atomic mass is 9.99. The standard InChI is InChI=1S/C12H20N2O4/c1-11(2,5-6(13)15)14-9(16)7-8(10(17)18)12(7,3)4/h7-8H,5H2,1-4H3,(H2,13,15)(H,14,16)(H,17,18). The van der Waals surface area contributed by atoms with Crippen LogP contribution in [-0.2, 0) is 14.4 Å². The van der Waals surface area contributed by atoms with Crippen LogP contribution in [0.2, 0.25) is 0 Å². The number of rotatable bonds is 5. The molecule has 0 aromatic carbocycles. The quantitative estimate of drug-likeness (QED) is 0.648. The summed E-state index contributed by atoms with van der Waals surface area (Å²) in [5.41, 5.74) is 3.79. The van der Waals surface area contributed by atoms with Gasteiger partial charge in [-0.1, -0.05) is 13.8 Å². The van der Waals surface area contributed by atoms with Gasteiger partial charge in [-0.3, -0.25) is 14.4 Å². The topological polar surface area (TPSA) is 109 Å². The fourth-order valence-electron chi connectivity index (χ4n) is 2.48. The molecule has 2 unspecified atom stereocenters. The highest BCUT2D eigenvalue weighted by Crippen LogP contribution is 2.58. The number of amides is 2. The Morgan fingerprint density at radius 3 is 2.11 bits per heavy atom. The summed E-state index contributed by atoms with van der Waals surface area (Å²) in [6.45, 7) is 6.86. The van der Waals surface area contributed by atoms with Gasteiger partial charge in [-0.05, 0) is 19.3 Å². The molecule has 0 aromatic heterocycles. The zero-order valence-electron chi connectivity index (χ0n) is 11.1. The average molecular weight is 256 g/mol. The highest BCUT2D eigenvalue weighted by atomic mass is 16.4. The summed E-state index contributed by atoms with van der Waals surface area (Å²) in [6, 6.07) is 0. The van der Waals surface area contributed by atoms with Crippen LogP contribution < -0.4 is 11.1 Å². The molecule has 0 spiro atoms. The molecule has 1 saturated carbocycles. The third-order valence-electron chi connectivity index (χ3n) is 3.45. The fourth-order valence-corrected chi connectivity index (χ4v) is 2.48. The van der Waals surface area contributed by atoms with Gasteiger partial charge in [0.05, 0.1) is 11.8 Å². The van der Waals surface area contributed by atoms with Crippen LogP contribution in [0, 0.1) is 17.3 Å². The van der Waals surface area contributed by atoms with E-state index in [2.05, 4.69) is 5.32 Å². The van der Waals surface area contributed by atoms with Crippen molar-refractivity contribution >= 4 is 17.8 Å². The van der Waals surface area contributed by atoms with Gasteiger partial charge in [0, 0.05) is 12.0 Å². The first-order chi connectivity index (χ1) is 7.99. The van der Waals surface area contributed by atoms with Crippen molar-refractivity contribution in [2.75, 3.05) is 0 Å². The first kappa shape index (κ1) is 14.5. The SMILES string of the molecule is CC(C)(CC(N)=O)NC(=O)C1C(C(=O)O)C1(C)C. The van der Waals surface area contributed by atoms with Crippen molar-refractivity contribution in [3.63, 3.8) is 0 Å². The number of carboxylic acids is 1. The first-order valence-corrected chi connectivity index (χ1v) is 5.82. The summed E-state index contributed by atoms with van der Waals surface area (Å²) in [6.07, 6.45) is 0.0175. The highest BCUT2D eigenvalue weighted by molar-refractivity contribution is 5.92. The Hall–Kier alpha value is -1.59. The zero-order valence-corrected chi connectivity index (χ0v) is 11.1. The lowest BCUT2D eigenvalue weighted by Gasteiger charge is -2.25. The van der Waals surface area contributed by atoms with Gasteiger partial charge in [-0.15, -0.1) is 0 Å². The van der Waals surface area contributed by atoms with Gasteiger partial charge >= 0.3 is 5.97 Å². The number of nitrogens with two attached hydrogens (primary N) is 1. The van der Waals surface area contributed by atoms with E-state index in [0.717, 1.165) is 0 Å². The van der Waals surface area contributed by atoms with E-state index in [4.69, 9.17) is 10.8 Å². The minimum atomic E-state index is -0.965. The third-order valence-corrected chi connectivity index (χ3v) is 3.45. The molecular weight excluding hydrogens is 236 g/mol. The molecule has 6 heteroatoms. The van der Waals surface area contributed by atoms with E-state index in [1.54, 1.807) is 27.7 Å². The number of carbonyl (C=O) groups is 3. The second-order valence-corrected chi connectivity index (χ2v) is 6.13. The van der Waals surface area contributed by atoms with Gasteiger partial charge in [-0.2, -0.15) is 0 Å². The highest BCUT2D eigenvalue weighted by Gasteiger charge is 2.66. The Morgan fingerprint density at radius 1 is 1.28 bits per heavy atom. The largest absolute Gasteiger partial charge is 0.481 e. The van der Waals surface area contributed by atoms with Crippen molar-refractivity contribution in [3.8, 4) is 0 Å². The Balaban J connectivity index is 2.68. The van der Waals surface area contributed by atoms with Crippen molar-refractivity contribution in [3.05, 3.63) is 0 Å². The Bertz CT molecular complexity index is 401. The third kappa shape index (κ3) is 2.80. The van der Waals surface area contributed by atoms with Crippen LogP contribution in [-0.4, -0.2) is 28.4 Å². The Kier molecular flexibility index (Phi) is 3.42. The van der Waals surface area contributed by atoms with E-state index in [9.17, 15) is 14.4 Å². The molecule has 6 nitrogen and oxygen atoms in total. The zero-order chi connectivity index (χ0) is 14.3. The van der Waals surface area contributed by atoms with Crippen molar-refractivity contribution in [2.45, 2.75) is 39.7 Å². The fraction of sp³-hybridized carbons (Fsp3) is 0.750. The molecule has 4 N–H and O–H groups in total. The van der Waals surface area contributed by atoms with Crippen LogP contribution in [0.1, 0.15) is 34.1 Å².